The van der Waals surface area contributed by atoms with E-state index in [2.05, 4.69) is 10.3 Å². The third kappa shape index (κ3) is 2.53. The first-order valence-corrected chi connectivity index (χ1v) is 5.57. The van der Waals surface area contributed by atoms with Crippen LogP contribution in [0.1, 0.15) is 11.3 Å². The number of aromatic nitrogens is 1. The van der Waals surface area contributed by atoms with Crippen LogP contribution in [-0.4, -0.2) is 4.98 Å². The molecule has 1 heterocycles. The molecule has 0 fully saturated rings. The number of nitrogens with zero attached hydrogens (tertiary/aromatic N) is 1. The summed E-state index contributed by atoms with van der Waals surface area (Å²) in [7, 11) is 0. The monoisotopic (exact) mass is 222 g/mol. The van der Waals surface area contributed by atoms with Crippen molar-refractivity contribution < 1.29 is 4.39 Å². The van der Waals surface area contributed by atoms with Crippen LogP contribution in [-0.2, 0) is 6.54 Å². The van der Waals surface area contributed by atoms with Crippen molar-refractivity contribution in [3.8, 4) is 0 Å². The number of hydrogen-bond acceptors (Lipinski definition) is 3. The topological polar surface area (TPSA) is 24.9 Å². The Kier molecular flexibility index (Phi) is 2.97. The van der Waals surface area contributed by atoms with Crippen molar-refractivity contribution in [3.63, 3.8) is 0 Å². The van der Waals surface area contributed by atoms with Gasteiger partial charge in [0.05, 0.1) is 17.7 Å². The predicted molar refractivity (Wildman–Crippen MR) is 60.6 cm³/mol. The van der Waals surface area contributed by atoms with Gasteiger partial charge < -0.3 is 5.32 Å². The maximum absolute atomic E-state index is 13.0. The molecule has 0 saturated heterocycles. The highest BCUT2D eigenvalue weighted by Gasteiger charge is 1.99. The Morgan fingerprint density at radius 2 is 2.33 bits per heavy atom. The highest BCUT2D eigenvalue weighted by Crippen LogP contribution is 2.14. The number of rotatable bonds is 3. The standard InChI is InChI=1S/C11H11FN2S/c1-8-4-9(2-3-11(8)12)13-5-10-6-15-7-14-10/h2-4,6-7,13H,5H2,1H3. The van der Waals surface area contributed by atoms with Gasteiger partial charge >= 0.3 is 0 Å². The van der Waals surface area contributed by atoms with Gasteiger partial charge in [-0.05, 0) is 30.7 Å². The maximum atomic E-state index is 13.0. The number of halogens is 1. The molecule has 0 aliphatic carbocycles. The number of aryl methyl sites for hydroxylation is 1. The van der Waals surface area contributed by atoms with Gasteiger partial charge in [0.2, 0.25) is 0 Å². The molecule has 2 rings (SSSR count). The van der Waals surface area contributed by atoms with Crippen LogP contribution in [0.5, 0.6) is 0 Å². The molecule has 0 aliphatic heterocycles. The second kappa shape index (κ2) is 4.40. The largest absolute Gasteiger partial charge is 0.379 e. The van der Waals surface area contributed by atoms with Crippen LogP contribution in [0, 0.1) is 12.7 Å². The van der Waals surface area contributed by atoms with Crippen molar-refractivity contribution >= 4 is 17.0 Å². The molecule has 15 heavy (non-hydrogen) atoms. The first-order valence-electron chi connectivity index (χ1n) is 4.63. The average molecular weight is 222 g/mol. The number of anilines is 1. The fourth-order valence-corrected chi connectivity index (χ4v) is 1.83. The number of thiazole rings is 1. The Morgan fingerprint density at radius 1 is 1.47 bits per heavy atom. The first kappa shape index (κ1) is 10.1. The van der Waals surface area contributed by atoms with Gasteiger partial charge in [-0.3, -0.25) is 0 Å². The highest BCUT2D eigenvalue weighted by atomic mass is 32.1. The molecule has 0 radical (unpaired) electrons. The number of nitrogens with one attached hydrogen (secondary N) is 1. The van der Waals surface area contributed by atoms with Gasteiger partial charge in [-0.2, -0.15) is 0 Å². The van der Waals surface area contributed by atoms with Gasteiger partial charge in [0, 0.05) is 11.1 Å². The Balaban J connectivity index is 2.02. The molecule has 0 aliphatic rings. The molecule has 0 amide bonds. The summed E-state index contributed by atoms with van der Waals surface area (Å²) < 4.78 is 13.0. The van der Waals surface area contributed by atoms with Gasteiger partial charge in [0.25, 0.3) is 0 Å². The molecule has 0 bridgehead atoms. The van der Waals surface area contributed by atoms with E-state index in [0.717, 1.165) is 11.4 Å². The molecule has 0 spiro atoms. The van der Waals surface area contributed by atoms with Crippen LogP contribution in [0.25, 0.3) is 0 Å². The summed E-state index contributed by atoms with van der Waals surface area (Å²) in [6.45, 7) is 2.43. The van der Waals surface area contributed by atoms with E-state index in [1.807, 2.05) is 5.38 Å². The van der Waals surface area contributed by atoms with E-state index >= 15 is 0 Å². The molecule has 4 heteroatoms. The summed E-state index contributed by atoms with van der Waals surface area (Å²) in [5, 5.41) is 5.18. The molecule has 2 aromatic rings. The molecule has 0 unspecified atom stereocenters. The second-order valence-electron chi connectivity index (χ2n) is 3.30. The van der Waals surface area contributed by atoms with Gasteiger partial charge in [-0.1, -0.05) is 0 Å². The van der Waals surface area contributed by atoms with E-state index in [-0.39, 0.29) is 5.82 Å². The van der Waals surface area contributed by atoms with Crippen molar-refractivity contribution in [1.29, 1.82) is 0 Å². The SMILES string of the molecule is Cc1cc(NCc2cscn2)ccc1F. The van der Waals surface area contributed by atoms with Crippen LogP contribution >= 0.6 is 11.3 Å². The van der Waals surface area contributed by atoms with Crippen LogP contribution in [0.3, 0.4) is 0 Å². The van der Waals surface area contributed by atoms with Crippen molar-refractivity contribution in [3.05, 3.63) is 46.2 Å². The summed E-state index contributed by atoms with van der Waals surface area (Å²) in [6, 6.07) is 5.00. The first-order chi connectivity index (χ1) is 7.25. The van der Waals surface area contributed by atoms with E-state index in [4.69, 9.17) is 0 Å². The summed E-state index contributed by atoms with van der Waals surface area (Å²) in [5.74, 6) is -0.172. The minimum absolute atomic E-state index is 0.172. The Bertz CT molecular complexity index is 440. The lowest BCUT2D eigenvalue weighted by Gasteiger charge is -2.05. The smallest absolute Gasteiger partial charge is 0.126 e. The summed E-state index contributed by atoms with van der Waals surface area (Å²) in [5.41, 5.74) is 4.37. The zero-order valence-corrected chi connectivity index (χ0v) is 9.14. The molecule has 1 N–H and O–H groups in total. The summed E-state index contributed by atoms with van der Waals surface area (Å²) >= 11 is 1.57. The summed E-state index contributed by atoms with van der Waals surface area (Å²) in [6.07, 6.45) is 0. The van der Waals surface area contributed by atoms with Gasteiger partial charge in [0.1, 0.15) is 5.82 Å². The quantitative estimate of drug-likeness (QED) is 0.862. The average Bonchev–Trinajstić information content (AvgIpc) is 2.73. The molecule has 1 aromatic carbocycles. The molecule has 2 nitrogen and oxygen atoms in total. The fraction of sp³-hybridized carbons (Fsp3) is 0.182. The van der Waals surface area contributed by atoms with Crippen LogP contribution in [0.2, 0.25) is 0 Å². The Morgan fingerprint density at radius 3 is 3.00 bits per heavy atom. The van der Waals surface area contributed by atoms with E-state index in [9.17, 15) is 4.39 Å². The zero-order chi connectivity index (χ0) is 10.7. The van der Waals surface area contributed by atoms with Gasteiger partial charge in [-0.25, -0.2) is 9.37 Å². The van der Waals surface area contributed by atoms with Crippen molar-refractivity contribution in [1.82, 2.24) is 4.98 Å². The van der Waals surface area contributed by atoms with Crippen LogP contribution in [0.15, 0.2) is 29.1 Å². The third-order valence-corrected chi connectivity index (χ3v) is 2.75. The van der Waals surface area contributed by atoms with Crippen LogP contribution < -0.4 is 5.32 Å². The Hall–Kier alpha value is -1.42. The third-order valence-electron chi connectivity index (χ3n) is 2.12. The van der Waals surface area contributed by atoms with E-state index in [1.165, 1.54) is 6.07 Å². The van der Waals surface area contributed by atoms with Crippen molar-refractivity contribution in [2.24, 2.45) is 0 Å². The zero-order valence-electron chi connectivity index (χ0n) is 8.33. The van der Waals surface area contributed by atoms with Crippen LogP contribution in [0.4, 0.5) is 10.1 Å². The summed E-state index contributed by atoms with van der Waals surface area (Å²) in [4.78, 5) is 4.15. The Labute approximate surface area is 91.8 Å². The fourth-order valence-electron chi connectivity index (χ4n) is 1.27. The molecule has 1 aromatic heterocycles. The molecule has 0 saturated carbocycles. The normalized spacial score (nSPS) is 10.3. The molecular weight excluding hydrogens is 211 g/mol. The lowest BCUT2D eigenvalue weighted by molar-refractivity contribution is 0.618. The van der Waals surface area contributed by atoms with E-state index in [1.54, 1.807) is 35.9 Å². The molecule has 78 valence electrons. The van der Waals surface area contributed by atoms with Crippen molar-refractivity contribution in [2.75, 3.05) is 5.32 Å². The number of benzene rings is 1. The van der Waals surface area contributed by atoms with Crippen molar-refractivity contribution in [2.45, 2.75) is 13.5 Å². The lowest BCUT2D eigenvalue weighted by atomic mass is 10.2. The maximum Gasteiger partial charge on any atom is 0.126 e. The molecule has 0 atom stereocenters. The van der Waals surface area contributed by atoms with E-state index < -0.39 is 0 Å². The minimum Gasteiger partial charge on any atom is -0.379 e. The molecular formula is C11H11FN2S. The van der Waals surface area contributed by atoms with Gasteiger partial charge in [0.15, 0.2) is 0 Å². The van der Waals surface area contributed by atoms with E-state index in [0.29, 0.717) is 12.1 Å². The lowest BCUT2D eigenvalue weighted by Crippen LogP contribution is -2.00. The van der Waals surface area contributed by atoms with Gasteiger partial charge in [-0.15, -0.1) is 11.3 Å². The highest BCUT2D eigenvalue weighted by molar-refractivity contribution is 7.07. The predicted octanol–water partition coefficient (Wildman–Crippen LogP) is 3.20. The number of hydrogen-bond donors (Lipinski definition) is 1. The second-order valence-corrected chi connectivity index (χ2v) is 4.02. The minimum atomic E-state index is -0.172.